The largest absolute Gasteiger partial charge is 0.493 e. The zero-order valence-electron chi connectivity index (χ0n) is 16.1. The first kappa shape index (κ1) is 19.4. The number of aromatic nitrogens is 1. The highest BCUT2D eigenvalue weighted by molar-refractivity contribution is 5.96. The van der Waals surface area contributed by atoms with Crippen LogP contribution in [0.2, 0.25) is 0 Å². The van der Waals surface area contributed by atoms with E-state index < -0.39 is 0 Å². The Balaban J connectivity index is 1.74. The van der Waals surface area contributed by atoms with E-state index >= 15 is 0 Å². The Morgan fingerprint density at radius 3 is 2.46 bits per heavy atom. The first-order valence-electron chi connectivity index (χ1n) is 9.26. The van der Waals surface area contributed by atoms with Crippen molar-refractivity contribution in [3.63, 3.8) is 0 Å². The van der Waals surface area contributed by atoms with Gasteiger partial charge >= 0.3 is 0 Å². The third-order valence-corrected chi connectivity index (χ3v) is 4.50. The number of pyridine rings is 1. The van der Waals surface area contributed by atoms with Crippen molar-refractivity contribution in [2.24, 2.45) is 0 Å². The molecule has 2 aromatic carbocycles. The molecule has 1 N–H and O–H groups in total. The molecule has 3 aromatic rings. The average Bonchev–Trinajstić information content (AvgIpc) is 2.74. The lowest BCUT2D eigenvalue weighted by molar-refractivity contribution is -0.117. The lowest BCUT2D eigenvalue weighted by Crippen LogP contribution is -2.20. The van der Waals surface area contributed by atoms with Crippen molar-refractivity contribution in [3.8, 4) is 11.5 Å². The summed E-state index contributed by atoms with van der Waals surface area (Å²) in [4.78, 5) is 16.8. The second-order valence-corrected chi connectivity index (χ2v) is 6.37. The molecular formula is C23H24N2O3. The van der Waals surface area contributed by atoms with E-state index in [0.29, 0.717) is 23.8 Å². The summed E-state index contributed by atoms with van der Waals surface area (Å²) in [5.74, 6) is 0.940. The van der Waals surface area contributed by atoms with Gasteiger partial charge < -0.3 is 14.8 Å². The van der Waals surface area contributed by atoms with E-state index in [1.165, 1.54) is 0 Å². The molecule has 0 spiro atoms. The van der Waals surface area contributed by atoms with Crippen molar-refractivity contribution < 1.29 is 14.3 Å². The van der Waals surface area contributed by atoms with E-state index in [2.05, 4.69) is 10.3 Å². The molecule has 1 amide bonds. The minimum Gasteiger partial charge on any atom is -0.493 e. The molecule has 0 aliphatic rings. The van der Waals surface area contributed by atoms with Gasteiger partial charge in [-0.05, 0) is 41.8 Å². The maximum Gasteiger partial charge on any atom is 0.231 e. The highest BCUT2D eigenvalue weighted by atomic mass is 16.5. The van der Waals surface area contributed by atoms with Crippen LogP contribution in [0.15, 0.2) is 73.1 Å². The Labute approximate surface area is 165 Å². The van der Waals surface area contributed by atoms with Gasteiger partial charge in [-0.3, -0.25) is 9.78 Å². The van der Waals surface area contributed by atoms with Crippen LogP contribution >= 0.6 is 0 Å². The summed E-state index contributed by atoms with van der Waals surface area (Å²) in [6.45, 7) is 2.40. The number of nitrogens with one attached hydrogen (secondary N) is 1. The normalized spacial score (nSPS) is 11.5. The molecule has 28 heavy (non-hydrogen) atoms. The fraction of sp³-hybridized carbons (Fsp3) is 0.217. The molecule has 0 radical (unpaired) electrons. The molecular weight excluding hydrogens is 352 g/mol. The third-order valence-electron chi connectivity index (χ3n) is 4.50. The molecule has 1 aromatic heterocycles. The molecule has 0 saturated heterocycles. The molecule has 1 heterocycles. The molecule has 1 unspecified atom stereocenters. The van der Waals surface area contributed by atoms with Crippen molar-refractivity contribution in [1.82, 2.24) is 4.98 Å². The number of carbonyl (C=O) groups excluding carboxylic acids is 1. The van der Waals surface area contributed by atoms with Crippen LogP contribution in [0, 0.1) is 0 Å². The third kappa shape index (κ3) is 4.88. The van der Waals surface area contributed by atoms with Gasteiger partial charge in [0.1, 0.15) is 6.61 Å². The minimum absolute atomic E-state index is 0.0426. The lowest BCUT2D eigenvalue weighted by Gasteiger charge is -2.17. The van der Waals surface area contributed by atoms with Crippen LogP contribution in [0.4, 0.5) is 5.69 Å². The highest BCUT2D eigenvalue weighted by Crippen LogP contribution is 2.31. The van der Waals surface area contributed by atoms with E-state index in [4.69, 9.17) is 9.47 Å². The predicted molar refractivity (Wildman–Crippen MR) is 110 cm³/mol. The number of anilines is 1. The monoisotopic (exact) mass is 376 g/mol. The minimum atomic E-state index is -0.204. The number of amides is 1. The standard InChI is InChI=1S/C23H24N2O3/c1-3-20(18-7-5-4-6-8-18)23(26)25-19-9-10-21(27-2)22(15-19)28-16-17-11-13-24-14-12-17/h4-15,20H,3,16H2,1-2H3,(H,25,26). The molecule has 0 fully saturated rings. The number of hydrogen-bond donors (Lipinski definition) is 1. The van der Waals surface area contributed by atoms with Crippen LogP contribution in [-0.2, 0) is 11.4 Å². The Kier molecular flexibility index (Phi) is 6.63. The van der Waals surface area contributed by atoms with Crippen LogP contribution < -0.4 is 14.8 Å². The predicted octanol–water partition coefficient (Wildman–Crippen LogP) is 4.80. The SMILES string of the molecule is CCC(C(=O)Nc1ccc(OC)c(OCc2ccncc2)c1)c1ccccc1. The first-order valence-corrected chi connectivity index (χ1v) is 9.26. The van der Waals surface area contributed by atoms with Crippen molar-refractivity contribution in [2.45, 2.75) is 25.9 Å². The Morgan fingerprint density at radius 2 is 1.79 bits per heavy atom. The average molecular weight is 376 g/mol. The van der Waals surface area contributed by atoms with Crippen molar-refractivity contribution in [1.29, 1.82) is 0 Å². The Bertz CT molecular complexity index is 898. The van der Waals surface area contributed by atoms with Crippen molar-refractivity contribution in [3.05, 3.63) is 84.2 Å². The van der Waals surface area contributed by atoms with Gasteiger partial charge in [-0.25, -0.2) is 0 Å². The number of methoxy groups -OCH3 is 1. The second-order valence-electron chi connectivity index (χ2n) is 6.37. The molecule has 0 saturated carbocycles. The summed E-state index contributed by atoms with van der Waals surface area (Å²) < 4.78 is 11.3. The topological polar surface area (TPSA) is 60.5 Å². The van der Waals surface area contributed by atoms with E-state index in [1.54, 1.807) is 31.6 Å². The summed E-state index contributed by atoms with van der Waals surface area (Å²) in [5.41, 5.74) is 2.68. The van der Waals surface area contributed by atoms with Crippen LogP contribution in [0.25, 0.3) is 0 Å². The number of nitrogens with zero attached hydrogens (tertiary/aromatic N) is 1. The van der Waals surface area contributed by atoms with E-state index in [0.717, 1.165) is 17.5 Å². The van der Waals surface area contributed by atoms with E-state index in [9.17, 15) is 4.79 Å². The lowest BCUT2D eigenvalue weighted by atomic mass is 9.95. The van der Waals surface area contributed by atoms with Crippen LogP contribution in [0.5, 0.6) is 11.5 Å². The molecule has 144 valence electrons. The van der Waals surface area contributed by atoms with Crippen LogP contribution in [0.3, 0.4) is 0 Å². The van der Waals surface area contributed by atoms with Gasteiger partial charge in [-0.15, -0.1) is 0 Å². The van der Waals surface area contributed by atoms with E-state index in [-0.39, 0.29) is 11.8 Å². The molecule has 0 aliphatic heterocycles. The summed E-state index contributed by atoms with van der Waals surface area (Å²) in [6, 6.07) is 19.0. The van der Waals surface area contributed by atoms with Gasteiger partial charge in [0.2, 0.25) is 5.91 Å². The summed E-state index contributed by atoms with van der Waals surface area (Å²) in [5, 5.41) is 3.00. The number of carbonyl (C=O) groups is 1. The zero-order valence-corrected chi connectivity index (χ0v) is 16.1. The van der Waals surface area contributed by atoms with Crippen LogP contribution in [-0.4, -0.2) is 18.0 Å². The molecule has 1 atom stereocenters. The number of rotatable bonds is 8. The molecule has 5 nitrogen and oxygen atoms in total. The van der Waals surface area contributed by atoms with Crippen molar-refractivity contribution >= 4 is 11.6 Å². The van der Waals surface area contributed by atoms with Gasteiger partial charge in [0.25, 0.3) is 0 Å². The van der Waals surface area contributed by atoms with Crippen LogP contribution in [0.1, 0.15) is 30.4 Å². The first-order chi connectivity index (χ1) is 13.7. The quantitative estimate of drug-likeness (QED) is 0.613. The molecule has 3 rings (SSSR count). The maximum absolute atomic E-state index is 12.8. The molecule has 0 aliphatic carbocycles. The second kappa shape index (κ2) is 9.55. The van der Waals surface area contributed by atoms with Gasteiger partial charge in [0, 0.05) is 24.1 Å². The molecule has 5 heteroatoms. The van der Waals surface area contributed by atoms with Gasteiger partial charge in [-0.2, -0.15) is 0 Å². The number of benzene rings is 2. The smallest absolute Gasteiger partial charge is 0.231 e. The zero-order chi connectivity index (χ0) is 19.8. The summed E-state index contributed by atoms with van der Waals surface area (Å²) in [6.07, 6.45) is 4.17. The Hall–Kier alpha value is -3.34. The maximum atomic E-state index is 12.8. The van der Waals surface area contributed by atoms with Crippen molar-refractivity contribution in [2.75, 3.05) is 12.4 Å². The summed E-state index contributed by atoms with van der Waals surface area (Å²) in [7, 11) is 1.59. The highest BCUT2D eigenvalue weighted by Gasteiger charge is 2.19. The summed E-state index contributed by atoms with van der Waals surface area (Å²) >= 11 is 0. The van der Waals surface area contributed by atoms with Gasteiger partial charge in [0.05, 0.1) is 13.0 Å². The Morgan fingerprint density at radius 1 is 1.04 bits per heavy atom. The van der Waals surface area contributed by atoms with Gasteiger partial charge in [-0.1, -0.05) is 37.3 Å². The fourth-order valence-electron chi connectivity index (χ4n) is 2.99. The number of ether oxygens (including phenoxy) is 2. The molecule has 0 bridgehead atoms. The number of hydrogen-bond acceptors (Lipinski definition) is 4. The van der Waals surface area contributed by atoms with E-state index in [1.807, 2.05) is 55.5 Å². The van der Waals surface area contributed by atoms with Gasteiger partial charge in [0.15, 0.2) is 11.5 Å². The fourth-order valence-corrected chi connectivity index (χ4v) is 2.99.